The van der Waals surface area contributed by atoms with E-state index in [-0.39, 0.29) is 5.78 Å². The summed E-state index contributed by atoms with van der Waals surface area (Å²) in [5.74, 6) is 0.958. The number of hydrogen-bond acceptors (Lipinski definition) is 3. The quantitative estimate of drug-likeness (QED) is 0.855. The minimum atomic E-state index is 0.0531. The maximum Gasteiger partial charge on any atom is 0.193 e. The summed E-state index contributed by atoms with van der Waals surface area (Å²) in [6.45, 7) is 0.712. The van der Waals surface area contributed by atoms with E-state index in [1.807, 2.05) is 49.5 Å². The molecule has 3 heteroatoms. The Morgan fingerprint density at radius 3 is 2.58 bits per heavy atom. The van der Waals surface area contributed by atoms with Crippen LogP contribution in [0.5, 0.6) is 5.75 Å². The molecule has 0 fully saturated rings. The molecule has 19 heavy (non-hydrogen) atoms. The Balaban J connectivity index is 1.90. The smallest absolute Gasteiger partial charge is 0.193 e. The Labute approximate surface area is 112 Å². The predicted octanol–water partition coefficient (Wildman–Crippen LogP) is 2.89. The monoisotopic (exact) mass is 253 g/mol. The second-order valence-corrected chi connectivity index (χ2v) is 4.58. The van der Waals surface area contributed by atoms with Crippen molar-refractivity contribution in [3.05, 3.63) is 59.2 Å². The molecule has 0 aliphatic carbocycles. The van der Waals surface area contributed by atoms with Gasteiger partial charge in [-0.15, -0.1) is 0 Å². The van der Waals surface area contributed by atoms with Crippen LogP contribution in [-0.2, 0) is 6.42 Å². The fraction of sp³-hybridized carbons (Fsp3) is 0.188. The van der Waals surface area contributed by atoms with Crippen molar-refractivity contribution in [3.8, 4) is 5.75 Å². The summed E-state index contributed by atoms with van der Waals surface area (Å²) >= 11 is 0. The fourth-order valence-corrected chi connectivity index (χ4v) is 2.28. The van der Waals surface area contributed by atoms with E-state index in [2.05, 4.69) is 5.32 Å². The first-order chi connectivity index (χ1) is 9.28. The van der Waals surface area contributed by atoms with Crippen LogP contribution < -0.4 is 10.1 Å². The van der Waals surface area contributed by atoms with Crippen LogP contribution in [0.2, 0.25) is 0 Å². The number of anilines is 1. The Hall–Kier alpha value is -2.29. The number of ketones is 1. The SMILES string of the molecule is CNc1ccc(C(=O)c2ccc3c(c2)CCO3)cc1. The van der Waals surface area contributed by atoms with Gasteiger partial charge < -0.3 is 10.1 Å². The van der Waals surface area contributed by atoms with E-state index in [0.29, 0.717) is 12.2 Å². The molecule has 0 bridgehead atoms. The van der Waals surface area contributed by atoms with Crippen LogP contribution in [0.15, 0.2) is 42.5 Å². The summed E-state index contributed by atoms with van der Waals surface area (Å²) in [5, 5.41) is 3.04. The number of benzene rings is 2. The van der Waals surface area contributed by atoms with Crippen molar-refractivity contribution in [1.82, 2.24) is 0 Å². The predicted molar refractivity (Wildman–Crippen MR) is 75.1 cm³/mol. The number of hydrogen-bond donors (Lipinski definition) is 1. The lowest BCUT2D eigenvalue weighted by atomic mass is 10.0. The molecule has 96 valence electrons. The van der Waals surface area contributed by atoms with Crippen molar-refractivity contribution in [2.45, 2.75) is 6.42 Å². The third-order valence-corrected chi connectivity index (χ3v) is 3.39. The summed E-state index contributed by atoms with van der Waals surface area (Å²) in [4.78, 5) is 12.4. The average Bonchev–Trinajstić information content (AvgIpc) is 2.94. The van der Waals surface area contributed by atoms with Crippen LogP contribution >= 0.6 is 0 Å². The van der Waals surface area contributed by atoms with Gasteiger partial charge in [0.15, 0.2) is 5.78 Å². The highest BCUT2D eigenvalue weighted by molar-refractivity contribution is 6.09. The van der Waals surface area contributed by atoms with Gasteiger partial charge in [-0.2, -0.15) is 0 Å². The van der Waals surface area contributed by atoms with Gasteiger partial charge in [0.25, 0.3) is 0 Å². The summed E-state index contributed by atoms with van der Waals surface area (Å²) in [6.07, 6.45) is 0.884. The first-order valence-corrected chi connectivity index (χ1v) is 6.36. The molecule has 3 nitrogen and oxygen atoms in total. The first-order valence-electron chi connectivity index (χ1n) is 6.36. The van der Waals surface area contributed by atoms with Gasteiger partial charge >= 0.3 is 0 Å². The van der Waals surface area contributed by atoms with Gasteiger partial charge in [-0.25, -0.2) is 0 Å². The zero-order valence-corrected chi connectivity index (χ0v) is 10.8. The van der Waals surface area contributed by atoms with E-state index >= 15 is 0 Å². The van der Waals surface area contributed by atoms with Crippen LogP contribution in [0.4, 0.5) is 5.69 Å². The number of carbonyl (C=O) groups is 1. The molecular weight excluding hydrogens is 238 g/mol. The lowest BCUT2D eigenvalue weighted by Gasteiger charge is -2.05. The highest BCUT2D eigenvalue weighted by atomic mass is 16.5. The second-order valence-electron chi connectivity index (χ2n) is 4.58. The van der Waals surface area contributed by atoms with Crippen LogP contribution in [-0.4, -0.2) is 19.4 Å². The lowest BCUT2D eigenvalue weighted by Crippen LogP contribution is -2.02. The molecule has 0 spiro atoms. The zero-order valence-electron chi connectivity index (χ0n) is 10.8. The standard InChI is InChI=1S/C16H15NO2/c1-17-14-5-2-11(3-6-14)16(18)13-4-7-15-12(10-13)8-9-19-15/h2-7,10,17H,8-9H2,1H3. The summed E-state index contributed by atoms with van der Waals surface area (Å²) in [6, 6.07) is 13.2. The number of ether oxygens (including phenoxy) is 1. The number of nitrogens with one attached hydrogen (secondary N) is 1. The topological polar surface area (TPSA) is 38.3 Å². The molecule has 0 saturated carbocycles. The lowest BCUT2D eigenvalue weighted by molar-refractivity contribution is 0.103. The van der Waals surface area contributed by atoms with Crippen LogP contribution in [0.1, 0.15) is 21.5 Å². The first kappa shape index (κ1) is 11.8. The third kappa shape index (κ3) is 2.19. The molecule has 0 saturated heterocycles. The van der Waals surface area contributed by atoms with Gasteiger partial charge in [-0.1, -0.05) is 0 Å². The average molecular weight is 253 g/mol. The van der Waals surface area contributed by atoms with Gasteiger partial charge in [-0.05, 0) is 48.0 Å². The van der Waals surface area contributed by atoms with Gasteiger partial charge in [-0.3, -0.25) is 4.79 Å². The highest BCUT2D eigenvalue weighted by Crippen LogP contribution is 2.26. The molecule has 0 unspecified atom stereocenters. The Morgan fingerprint density at radius 2 is 1.84 bits per heavy atom. The number of carbonyl (C=O) groups excluding carboxylic acids is 1. The van der Waals surface area contributed by atoms with E-state index in [1.165, 1.54) is 0 Å². The summed E-state index contributed by atoms with van der Waals surface area (Å²) in [7, 11) is 1.86. The number of fused-ring (bicyclic) bond motifs is 1. The molecule has 1 aliphatic rings. The van der Waals surface area contributed by atoms with E-state index in [1.54, 1.807) is 0 Å². The van der Waals surface area contributed by atoms with E-state index in [4.69, 9.17) is 4.74 Å². The maximum absolute atomic E-state index is 12.4. The summed E-state index contributed by atoms with van der Waals surface area (Å²) < 4.78 is 5.45. The van der Waals surface area contributed by atoms with Crippen molar-refractivity contribution in [2.75, 3.05) is 19.0 Å². The van der Waals surface area contributed by atoms with Crippen LogP contribution in [0.25, 0.3) is 0 Å². The second kappa shape index (κ2) is 4.76. The van der Waals surface area contributed by atoms with Crippen molar-refractivity contribution >= 4 is 11.5 Å². The number of rotatable bonds is 3. The molecule has 1 aliphatic heterocycles. The van der Waals surface area contributed by atoms with Gasteiger partial charge in [0.1, 0.15) is 5.75 Å². The zero-order chi connectivity index (χ0) is 13.2. The summed E-state index contributed by atoms with van der Waals surface area (Å²) in [5.41, 5.74) is 3.55. The largest absolute Gasteiger partial charge is 0.493 e. The van der Waals surface area contributed by atoms with Gasteiger partial charge in [0, 0.05) is 30.3 Å². The van der Waals surface area contributed by atoms with Crippen LogP contribution in [0, 0.1) is 0 Å². The van der Waals surface area contributed by atoms with Crippen molar-refractivity contribution < 1.29 is 9.53 Å². The molecule has 1 heterocycles. The van der Waals surface area contributed by atoms with Crippen molar-refractivity contribution in [1.29, 1.82) is 0 Å². The normalized spacial score (nSPS) is 12.7. The van der Waals surface area contributed by atoms with Crippen molar-refractivity contribution in [2.24, 2.45) is 0 Å². The van der Waals surface area contributed by atoms with E-state index in [9.17, 15) is 4.79 Å². The highest BCUT2D eigenvalue weighted by Gasteiger charge is 2.15. The van der Waals surface area contributed by atoms with Gasteiger partial charge in [0.2, 0.25) is 0 Å². The minimum absolute atomic E-state index is 0.0531. The molecular formula is C16H15NO2. The molecule has 2 aromatic rings. The molecule has 0 aromatic heterocycles. The van der Waals surface area contributed by atoms with Crippen molar-refractivity contribution in [3.63, 3.8) is 0 Å². The molecule has 0 amide bonds. The molecule has 2 aromatic carbocycles. The Morgan fingerprint density at radius 1 is 1.11 bits per heavy atom. The molecule has 0 atom stereocenters. The maximum atomic E-state index is 12.4. The van der Waals surface area contributed by atoms with Gasteiger partial charge in [0.05, 0.1) is 6.61 Å². The van der Waals surface area contributed by atoms with Crippen LogP contribution in [0.3, 0.4) is 0 Å². The molecule has 3 rings (SSSR count). The Kier molecular flexibility index (Phi) is 2.95. The Bertz CT molecular complexity index is 617. The molecule has 0 radical (unpaired) electrons. The van der Waals surface area contributed by atoms with E-state index in [0.717, 1.165) is 29.0 Å². The third-order valence-electron chi connectivity index (χ3n) is 3.39. The molecule has 1 N–H and O–H groups in total. The fourth-order valence-electron chi connectivity index (χ4n) is 2.28. The van der Waals surface area contributed by atoms with E-state index < -0.39 is 0 Å². The minimum Gasteiger partial charge on any atom is -0.493 e.